The molecule has 25 heavy (non-hydrogen) atoms. The topological polar surface area (TPSA) is 78.5 Å². The van der Waals surface area contributed by atoms with E-state index in [1.54, 1.807) is 46.6 Å². The second kappa shape index (κ2) is 7.94. The third-order valence-corrected chi connectivity index (χ3v) is 5.10. The lowest BCUT2D eigenvalue weighted by atomic mass is 10.1. The lowest BCUT2D eigenvalue weighted by Crippen LogP contribution is -2.42. The number of thiophene rings is 1. The molecular formula is C18H19N3O3S. The van der Waals surface area contributed by atoms with Crippen molar-refractivity contribution in [1.82, 2.24) is 15.8 Å². The minimum Gasteiger partial charge on any atom is -0.338 e. The van der Waals surface area contributed by atoms with Crippen molar-refractivity contribution in [3.8, 4) is 0 Å². The van der Waals surface area contributed by atoms with Gasteiger partial charge in [0.05, 0.1) is 0 Å². The van der Waals surface area contributed by atoms with Crippen LogP contribution in [0.15, 0.2) is 41.8 Å². The van der Waals surface area contributed by atoms with E-state index in [1.165, 1.54) is 10.4 Å². The summed E-state index contributed by atoms with van der Waals surface area (Å²) in [4.78, 5) is 39.0. The van der Waals surface area contributed by atoms with Gasteiger partial charge in [-0.15, -0.1) is 11.3 Å². The van der Waals surface area contributed by atoms with Gasteiger partial charge in [0.25, 0.3) is 5.91 Å². The quantitative estimate of drug-likeness (QED) is 0.820. The predicted molar refractivity (Wildman–Crippen MR) is 94.7 cm³/mol. The molecule has 1 aromatic carbocycles. The maximum atomic E-state index is 12.3. The molecule has 2 heterocycles. The average Bonchev–Trinajstić information content (AvgIpc) is 3.12. The van der Waals surface area contributed by atoms with E-state index >= 15 is 0 Å². The van der Waals surface area contributed by atoms with Crippen LogP contribution >= 0.6 is 11.3 Å². The van der Waals surface area contributed by atoms with Gasteiger partial charge in [0.15, 0.2) is 0 Å². The number of hydrazine groups is 1. The maximum Gasteiger partial charge on any atom is 0.269 e. The molecule has 3 rings (SSSR count). The number of carbonyl (C=O) groups is 3. The molecule has 2 aromatic rings. The summed E-state index contributed by atoms with van der Waals surface area (Å²) in [6.07, 6.45) is 1.05. The van der Waals surface area contributed by atoms with Crippen LogP contribution in [0.1, 0.15) is 33.6 Å². The molecule has 0 aliphatic carbocycles. The van der Waals surface area contributed by atoms with Gasteiger partial charge in [-0.1, -0.05) is 18.2 Å². The van der Waals surface area contributed by atoms with Gasteiger partial charge in [-0.3, -0.25) is 25.2 Å². The summed E-state index contributed by atoms with van der Waals surface area (Å²) >= 11 is 1.72. The highest BCUT2D eigenvalue weighted by atomic mass is 32.1. The van der Waals surface area contributed by atoms with Crippen LogP contribution in [0.4, 0.5) is 0 Å². The molecule has 0 fully saturated rings. The van der Waals surface area contributed by atoms with Gasteiger partial charge in [0, 0.05) is 36.4 Å². The van der Waals surface area contributed by atoms with Crippen molar-refractivity contribution >= 4 is 29.1 Å². The molecule has 0 radical (unpaired) electrons. The number of carbonyl (C=O) groups excluding carboxylic acids is 3. The Morgan fingerprint density at radius 2 is 1.84 bits per heavy atom. The second-order valence-electron chi connectivity index (χ2n) is 5.80. The number of benzene rings is 1. The van der Waals surface area contributed by atoms with E-state index in [2.05, 4.69) is 10.9 Å². The molecule has 0 atom stereocenters. The molecule has 1 aromatic heterocycles. The largest absolute Gasteiger partial charge is 0.338 e. The number of hydrogen-bond acceptors (Lipinski definition) is 4. The molecule has 0 bridgehead atoms. The molecule has 1 aliphatic rings. The van der Waals surface area contributed by atoms with Gasteiger partial charge in [-0.05, 0) is 35.6 Å². The van der Waals surface area contributed by atoms with E-state index < -0.39 is 0 Å². The number of amides is 3. The zero-order chi connectivity index (χ0) is 17.6. The zero-order valence-electron chi connectivity index (χ0n) is 13.7. The maximum absolute atomic E-state index is 12.3. The van der Waals surface area contributed by atoms with E-state index in [0.29, 0.717) is 18.7 Å². The smallest absolute Gasteiger partial charge is 0.269 e. The standard InChI is InChI=1S/C18H19N3O3S/c22-16(19-20-18(24)13-4-2-1-3-5-13)6-7-17(23)21-10-8-15-14(12-21)9-11-25-15/h1-5,9,11H,6-8,10,12H2,(H,19,22)(H,20,24). The van der Waals surface area contributed by atoms with E-state index in [9.17, 15) is 14.4 Å². The SMILES string of the molecule is O=C(CCC(=O)N1CCc2sccc2C1)NNC(=O)c1ccccc1. The Hall–Kier alpha value is -2.67. The molecule has 0 unspecified atom stereocenters. The van der Waals surface area contributed by atoms with Crippen molar-refractivity contribution in [2.24, 2.45) is 0 Å². The fourth-order valence-corrected chi connectivity index (χ4v) is 3.58. The summed E-state index contributed by atoms with van der Waals surface area (Å²) < 4.78 is 0. The highest BCUT2D eigenvalue weighted by molar-refractivity contribution is 7.10. The first-order valence-electron chi connectivity index (χ1n) is 8.11. The monoisotopic (exact) mass is 357 g/mol. The normalized spacial score (nSPS) is 13.0. The van der Waals surface area contributed by atoms with E-state index in [1.807, 2.05) is 11.4 Å². The van der Waals surface area contributed by atoms with E-state index in [4.69, 9.17) is 0 Å². The first kappa shape index (κ1) is 17.2. The number of rotatable bonds is 4. The summed E-state index contributed by atoms with van der Waals surface area (Å²) in [6, 6.07) is 10.6. The third kappa shape index (κ3) is 4.45. The van der Waals surface area contributed by atoms with E-state index in [-0.39, 0.29) is 30.6 Å². The Morgan fingerprint density at radius 3 is 2.64 bits per heavy atom. The molecule has 7 heteroatoms. The molecule has 0 spiro atoms. The molecule has 6 nitrogen and oxygen atoms in total. The van der Waals surface area contributed by atoms with Gasteiger partial charge >= 0.3 is 0 Å². The Morgan fingerprint density at radius 1 is 1.04 bits per heavy atom. The van der Waals surface area contributed by atoms with Crippen LogP contribution in [0.25, 0.3) is 0 Å². The minimum atomic E-state index is -0.388. The molecule has 1 aliphatic heterocycles. The highest BCUT2D eigenvalue weighted by Crippen LogP contribution is 2.24. The third-order valence-electron chi connectivity index (χ3n) is 4.08. The summed E-state index contributed by atoms with van der Waals surface area (Å²) in [5, 5.41) is 2.04. The zero-order valence-corrected chi connectivity index (χ0v) is 14.5. The van der Waals surface area contributed by atoms with Crippen molar-refractivity contribution < 1.29 is 14.4 Å². The van der Waals surface area contributed by atoms with E-state index in [0.717, 1.165) is 6.42 Å². The Bertz CT molecular complexity index is 773. The van der Waals surface area contributed by atoms with Crippen molar-refractivity contribution in [2.75, 3.05) is 6.54 Å². The van der Waals surface area contributed by atoms with Crippen molar-refractivity contribution in [3.63, 3.8) is 0 Å². The lowest BCUT2D eigenvalue weighted by Gasteiger charge is -2.27. The Balaban J connectivity index is 1.40. The Kier molecular flexibility index (Phi) is 5.45. The van der Waals surface area contributed by atoms with Gasteiger partial charge in [-0.25, -0.2) is 0 Å². The summed E-state index contributed by atoms with van der Waals surface area (Å²) in [7, 11) is 0. The molecule has 2 N–H and O–H groups in total. The van der Waals surface area contributed by atoms with Crippen LogP contribution in [0, 0.1) is 0 Å². The average molecular weight is 357 g/mol. The second-order valence-corrected chi connectivity index (χ2v) is 6.80. The van der Waals surface area contributed by atoms with Crippen LogP contribution in [0.3, 0.4) is 0 Å². The highest BCUT2D eigenvalue weighted by Gasteiger charge is 2.21. The van der Waals surface area contributed by atoms with Crippen molar-refractivity contribution in [1.29, 1.82) is 0 Å². The van der Waals surface area contributed by atoms with Gasteiger partial charge in [-0.2, -0.15) is 0 Å². The van der Waals surface area contributed by atoms with Gasteiger partial charge < -0.3 is 4.90 Å². The first-order chi connectivity index (χ1) is 12.1. The number of nitrogens with one attached hydrogen (secondary N) is 2. The number of nitrogens with zero attached hydrogens (tertiary/aromatic N) is 1. The lowest BCUT2D eigenvalue weighted by molar-refractivity contribution is -0.134. The van der Waals surface area contributed by atoms with Crippen LogP contribution in [0.2, 0.25) is 0 Å². The van der Waals surface area contributed by atoms with Crippen LogP contribution < -0.4 is 10.9 Å². The Labute approximate surface area is 149 Å². The fraction of sp³-hybridized carbons (Fsp3) is 0.278. The van der Waals surface area contributed by atoms with Crippen LogP contribution in [-0.2, 0) is 22.6 Å². The summed E-state index contributed by atoms with van der Waals surface area (Å²) in [5.41, 5.74) is 6.35. The summed E-state index contributed by atoms with van der Waals surface area (Å²) in [6.45, 7) is 1.31. The summed E-state index contributed by atoms with van der Waals surface area (Å²) in [5.74, 6) is -0.812. The van der Waals surface area contributed by atoms with Gasteiger partial charge in [0.1, 0.15) is 0 Å². The minimum absolute atomic E-state index is 0.0404. The van der Waals surface area contributed by atoms with Crippen LogP contribution in [-0.4, -0.2) is 29.2 Å². The molecule has 130 valence electrons. The fourth-order valence-electron chi connectivity index (χ4n) is 2.69. The first-order valence-corrected chi connectivity index (χ1v) is 8.98. The number of fused-ring (bicyclic) bond motifs is 1. The molecule has 3 amide bonds. The molecule has 0 saturated carbocycles. The molecular weight excluding hydrogens is 338 g/mol. The van der Waals surface area contributed by atoms with Crippen molar-refractivity contribution in [3.05, 3.63) is 57.8 Å². The number of hydrogen-bond donors (Lipinski definition) is 2. The molecule has 0 saturated heterocycles. The predicted octanol–water partition coefficient (Wildman–Crippen LogP) is 1.87. The van der Waals surface area contributed by atoms with Crippen LogP contribution in [0.5, 0.6) is 0 Å². The van der Waals surface area contributed by atoms with Gasteiger partial charge in [0.2, 0.25) is 11.8 Å². The van der Waals surface area contributed by atoms with Crippen molar-refractivity contribution in [2.45, 2.75) is 25.8 Å².